The lowest BCUT2D eigenvalue weighted by molar-refractivity contribution is -0.114. The first-order chi connectivity index (χ1) is 15.6. The zero-order chi connectivity index (χ0) is 22.1. The Kier molecular flexibility index (Phi) is 5.05. The summed E-state index contributed by atoms with van der Waals surface area (Å²) in [5.41, 5.74) is 13.0. The van der Waals surface area contributed by atoms with Crippen molar-refractivity contribution in [2.75, 3.05) is 11.9 Å². The number of aromatic nitrogens is 3. The van der Waals surface area contributed by atoms with Crippen molar-refractivity contribution in [2.24, 2.45) is 5.73 Å². The highest BCUT2D eigenvalue weighted by atomic mass is 16.1. The molecule has 0 saturated carbocycles. The van der Waals surface area contributed by atoms with Gasteiger partial charge in [0.1, 0.15) is 5.82 Å². The maximum Gasteiger partial charge on any atom is 0.238 e. The molecule has 3 aromatic carbocycles. The Labute approximate surface area is 185 Å². The van der Waals surface area contributed by atoms with Crippen LogP contribution in [0.4, 0.5) is 5.69 Å². The summed E-state index contributed by atoms with van der Waals surface area (Å²) in [5.74, 6) is 0.565. The van der Waals surface area contributed by atoms with E-state index >= 15 is 0 Å². The first-order valence-electron chi connectivity index (χ1n) is 10.5. The van der Waals surface area contributed by atoms with Crippen molar-refractivity contribution in [3.63, 3.8) is 0 Å². The number of H-pyrrole nitrogens is 2. The Morgan fingerprint density at radius 2 is 1.69 bits per heavy atom. The molecular formula is C26H23N5O. The molecule has 0 aliphatic heterocycles. The van der Waals surface area contributed by atoms with E-state index in [1.165, 1.54) is 0 Å². The van der Waals surface area contributed by atoms with Crippen LogP contribution in [0.15, 0.2) is 78.9 Å². The number of fused-ring (bicyclic) bond motifs is 1. The number of hydrogen-bond acceptors (Lipinski definition) is 3. The van der Waals surface area contributed by atoms with E-state index in [1.54, 1.807) is 0 Å². The number of rotatable bonds is 5. The minimum atomic E-state index is -0.231. The van der Waals surface area contributed by atoms with Crippen molar-refractivity contribution in [2.45, 2.75) is 6.92 Å². The number of carbonyl (C=O) groups is 1. The normalized spacial score (nSPS) is 11.1. The Morgan fingerprint density at radius 3 is 2.50 bits per heavy atom. The van der Waals surface area contributed by atoms with Crippen LogP contribution in [0.5, 0.6) is 0 Å². The van der Waals surface area contributed by atoms with Crippen molar-refractivity contribution in [1.29, 1.82) is 0 Å². The smallest absolute Gasteiger partial charge is 0.238 e. The lowest BCUT2D eigenvalue weighted by Crippen LogP contribution is -2.21. The van der Waals surface area contributed by atoms with Gasteiger partial charge in [0, 0.05) is 39.0 Å². The van der Waals surface area contributed by atoms with Gasteiger partial charge in [0.25, 0.3) is 0 Å². The van der Waals surface area contributed by atoms with Gasteiger partial charge in [0.05, 0.1) is 17.9 Å². The third-order valence-electron chi connectivity index (χ3n) is 5.50. The number of carbonyl (C=O) groups excluding carboxylic acids is 1. The Bertz CT molecular complexity index is 1410. The highest BCUT2D eigenvalue weighted by molar-refractivity contribution is 5.97. The fourth-order valence-electron chi connectivity index (χ4n) is 4.05. The summed E-state index contributed by atoms with van der Waals surface area (Å²) < 4.78 is 0. The van der Waals surface area contributed by atoms with Gasteiger partial charge in [0.2, 0.25) is 5.91 Å². The summed E-state index contributed by atoms with van der Waals surface area (Å²) in [6.45, 7) is 2.00. The third kappa shape index (κ3) is 3.57. The fraction of sp³-hybridized carbons (Fsp3) is 0.0769. The molecular weight excluding hydrogens is 398 g/mol. The molecule has 6 nitrogen and oxygen atoms in total. The van der Waals surface area contributed by atoms with E-state index in [1.807, 2.05) is 66.7 Å². The van der Waals surface area contributed by atoms with Crippen LogP contribution in [0.25, 0.3) is 44.8 Å². The monoisotopic (exact) mass is 421 g/mol. The molecule has 2 heterocycles. The van der Waals surface area contributed by atoms with Gasteiger partial charge >= 0.3 is 0 Å². The maximum absolute atomic E-state index is 11.8. The third-order valence-corrected chi connectivity index (χ3v) is 5.50. The van der Waals surface area contributed by atoms with Crippen LogP contribution >= 0.6 is 0 Å². The van der Waals surface area contributed by atoms with Crippen LogP contribution in [0.3, 0.4) is 0 Å². The molecule has 0 fully saturated rings. The van der Waals surface area contributed by atoms with Gasteiger partial charge in [0.15, 0.2) is 0 Å². The SMILES string of the molecule is Cc1[nH]c2ccccc2c1-c1nc(-c2ccccc2)c(-c2cccc(NC(=O)CN)c2)[nH]1. The molecule has 0 aliphatic carbocycles. The number of amides is 1. The quantitative estimate of drug-likeness (QED) is 0.318. The number of nitrogens with two attached hydrogens (primary N) is 1. The number of imidazole rings is 1. The minimum Gasteiger partial charge on any atom is -0.358 e. The average molecular weight is 422 g/mol. The molecule has 1 amide bonds. The van der Waals surface area contributed by atoms with E-state index in [0.29, 0.717) is 5.69 Å². The second-order valence-corrected chi connectivity index (χ2v) is 7.68. The molecule has 0 bridgehead atoms. The number of aryl methyl sites for hydroxylation is 1. The Morgan fingerprint density at radius 1 is 0.938 bits per heavy atom. The zero-order valence-corrected chi connectivity index (χ0v) is 17.6. The summed E-state index contributed by atoms with van der Waals surface area (Å²) in [6.07, 6.45) is 0. The molecule has 0 aliphatic rings. The Balaban J connectivity index is 1.69. The highest BCUT2D eigenvalue weighted by Gasteiger charge is 2.19. The second kappa shape index (κ2) is 8.17. The van der Waals surface area contributed by atoms with Gasteiger partial charge in [-0.25, -0.2) is 4.98 Å². The zero-order valence-electron chi connectivity index (χ0n) is 17.6. The molecule has 0 spiro atoms. The number of nitrogens with one attached hydrogen (secondary N) is 3. The molecule has 158 valence electrons. The molecule has 2 aromatic heterocycles. The number of aromatic amines is 2. The second-order valence-electron chi connectivity index (χ2n) is 7.68. The molecule has 0 saturated heterocycles. The van der Waals surface area contributed by atoms with E-state index in [4.69, 9.17) is 10.7 Å². The van der Waals surface area contributed by atoms with Crippen molar-refractivity contribution in [3.8, 4) is 33.9 Å². The van der Waals surface area contributed by atoms with Gasteiger partial charge in [-0.15, -0.1) is 0 Å². The molecule has 0 atom stereocenters. The van der Waals surface area contributed by atoms with Gasteiger partial charge in [-0.3, -0.25) is 4.79 Å². The van der Waals surface area contributed by atoms with Crippen LogP contribution < -0.4 is 11.1 Å². The van der Waals surface area contributed by atoms with E-state index in [-0.39, 0.29) is 12.5 Å². The number of hydrogen-bond donors (Lipinski definition) is 4. The van der Waals surface area contributed by atoms with Crippen molar-refractivity contribution in [3.05, 3.63) is 84.6 Å². The molecule has 32 heavy (non-hydrogen) atoms. The first kappa shape index (κ1) is 19.8. The standard InChI is InChI=1S/C26H23N5O/c1-16-23(20-12-5-6-13-21(20)28-16)26-30-24(17-8-3-2-4-9-17)25(31-26)18-10-7-11-19(14-18)29-22(32)15-27/h2-14,28H,15,27H2,1H3,(H,29,32)(H,30,31). The maximum atomic E-state index is 11.8. The predicted octanol–water partition coefficient (Wildman–Crippen LogP) is 5.10. The molecule has 0 radical (unpaired) electrons. The van der Waals surface area contributed by atoms with Crippen molar-refractivity contribution >= 4 is 22.5 Å². The van der Waals surface area contributed by atoms with Crippen LogP contribution in [0.1, 0.15) is 5.69 Å². The molecule has 6 heteroatoms. The van der Waals surface area contributed by atoms with Gasteiger partial charge in [-0.2, -0.15) is 0 Å². The van der Waals surface area contributed by atoms with E-state index < -0.39 is 0 Å². The summed E-state index contributed by atoms with van der Waals surface area (Å²) in [6, 6.07) is 26.0. The number of benzene rings is 3. The summed E-state index contributed by atoms with van der Waals surface area (Å²) >= 11 is 0. The van der Waals surface area contributed by atoms with E-state index in [9.17, 15) is 4.79 Å². The molecule has 5 N–H and O–H groups in total. The number of anilines is 1. The first-order valence-corrected chi connectivity index (χ1v) is 10.5. The topological polar surface area (TPSA) is 99.6 Å². The predicted molar refractivity (Wildman–Crippen MR) is 129 cm³/mol. The lowest BCUT2D eigenvalue weighted by Gasteiger charge is -2.07. The van der Waals surface area contributed by atoms with Gasteiger partial charge in [-0.05, 0) is 25.1 Å². The lowest BCUT2D eigenvalue weighted by atomic mass is 10.0. The molecule has 5 rings (SSSR count). The Hall–Kier alpha value is -4.16. The summed E-state index contributed by atoms with van der Waals surface area (Å²) in [4.78, 5) is 23.8. The largest absolute Gasteiger partial charge is 0.358 e. The molecule has 5 aromatic rings. The van der Waals surface area contributed by atoms with Gasteiger partial charge < -0.3 is 21.0 Å². The minimum absolute atomic E-state index is 0.0620. The van der Waals surface area contributed by atoms with Crippen LogP contribution in [0.2, 0.25) is 0 Å². The fourth-order valence-corrected chi connectivity index (χ4v) is 4.05. The summed E-state index contributed by atoms with van der Waals surface area (Å²) in [7, 11) is 0. The van der Waals surface area contributed by atoms with Gasteiger partial charge in [-0.1, -0.05) is 60.7 Å². The highest BCUT2D eigenvalue weighted by Crippen LogP contribution is 2.37. The average Bonchev–Trinajstić information content (AvgIpc) is 3.40. The van der Waals surface area contributed by atoms with Crippen LogP contribution in [-0.4, -0.2) is 27.4 Å². The van der Waals surface area contributed by atoms with Crippen molar-refractivity contribution < 1.29 is 4.79 Å². The van der Waals surface area contributed by atoms with Crippen LogP contribution in [-0.2, 0) is 4.79 Å². The van der Waals surface area contributed by atoms with E-state index in [0.717, 1.165) is 50.5 Å². The van der Waals surface area contributed by atoms with E-state index in [2.05, 4.69) is 34.3 Å². The number of para-hydroxylation sites is 1. The number of nitrogens with zero attached hydrogens (tertiary/aromatic N) is 1. The van der Waals surface area contributed by atoms with Crippen molar-refractivity contribution in [1.82, 2.24) is 15.0 Å². The van der Waals surface area contributed by atoms with Crippen LogP contribution in [0, 0.1) is 6.92 Å². The summed E-state index contributed by atoms with van der Waals surface area (Å²) in [5, 5.41) is 3.94. The molecule has 0 unspecified atom stereocenters.